The second kappa shape index (κ2) is 30.2. The Balaban J connectivity index is 0.561. The molecule has 6 aromatic heterocycles. The summed E-state index contributed by atoms with van der Waals surface area (Å²) in [6, 6.07) is 163. The van der Waals surface area contributed by atoms with Crippen LogP contribution in [0.4, 0.5) is 0 Å². The van der Waals surface area contributed by atoms with Crippen molar-refractivity contribution in [3.8, 4) is 112 Å². The van der Waals surface area contributed by atoms with Crippen LogP contribution < -0.4 is 0 Å². The minimum atomic E-state index is -0.163. The summed E-state index contributed by atoms with van der Waals surface area (Å²) in [5.74, 6) is 0.522. The third-order valence-electron chi connectivity index (χ3n) is 34.7. The van der Waals surface area contributed by atoms with Gasteiger partial charge in [0.15, 0.2) is 0 Å². The Bertz CT molecular complexity index is 9530. The molecule has 21 aromatic carbocycles. The van der Waals surface area contributed by atoms with Gasteiger partial charge < -0.3 is 18.3 Å². The Morgan fingerprint density at radius 2 is 0.331 bits per heavy atom. The van der Waals surface area contributed by atoms with Gasteiger partial charge in [0, 0.05) is 120 Å². The van der Waals surface area contributed by atoms with Crippen LogP contribution in [-0.4, -0.2) is 39.1 Å². The molecule has 0 radical (unpaired) electrons. The number of benzene rings is 21. The number of aromatic nitrogens is 6. The SMILES string of the molecule is CC1(C)c2ccccc2-c2ccc(-n3c4ccccc4c4cc(-c5ccc6c(c5)c5cc(-c7ccc8c(c7)c7ccccc7n8-c7ccc8c(c7)C(C)(C)c7ccccc7-8)ccc5n6C(=N)c5ccccc5C(=N)n5c6ccc(-c7ccc8c(c7)c7ccccc7n8-c7ccc8c(c7)C(C)(C)c7ccccc7-8)cc6c6cc(-c7ccc8c(c7)c7ccccc7n8-c7ccc8c(c7)C(C)(C)c7ccccc7-8)ccc65)ccc43)cc21. The van der Waals surface area contributed by atoms with Crippen molar-refractivity contribution in [1.82, 2.24) is 27.4 Å². The predicted octanol–water partition coefficient (Wildman–Crippen LogP) is 35.9. The summed E-state index contributed by atoms with van der Waals surface area (Å²) in [4.78, 5) is 0. The highest BCUT2D eigenvalue weighted by Gasteiger charge is 2.41. The normalized spacial score (nSPS) is 14.2. The molecule has 0 bridgehead atoms. The fourth-order valence-corrected chi connectivity index (χ4v) is 27.4. The summed E-state index contributed by atoms with van der Waals surface area (Å²) in [5.41, 5.74) is 47.8. The highest BCUT2D eigenvalue weighted by atomic mass is 15.1. The monoisotopic (exact) mass is 1890 g/mol. The van der Waals surface area contributed by atoms with Crippen molar-refractivity contribution >= 4 is 143 Å². The molecule has 0 fully saturated rings. The first-order valence-corrected chi connectivity index (χ1v) is 51.8. The van der Waals surface area contributed by atoms with E-state index in [2.05, 4.69) is 495 Å². The molecule has 27 aromatic rings. The van der Waals surface area contributed by atoms with Crippen LogP contribution in [0.2, 0.25) is 0 Å². The second-order valence-electron chi connectivity index (χ2n) is 43.8. The third-order valence-corrected chi connectivity index (χ3v) is 34.7. The number of hydrogen-bond donors (Lipinski definition) is 2. The fraction of sp³-hybridized carbons (Fsp3) is 0.0857. The van der Waals surface area contributed by atoms with E-state index < -0.39 is 0 Å². The number of fused-ring (bicyclic) bond motifs is 30. The van der Waals surface area contributed by atoms with Crippen LogP contribution in [0.25, 0.3) is 243 Å². The summed E-state index contributed by atoms with van der Waals surface area (Å²) in [6.45, 7) is 18.9. The van der Waals surface area contributed by atoms with Crippen LogP contribution in [0.3, 0.4) is 0 Å². The second-order valence-corrected chi connectivity index (χ2v) is 43.8. The molecule has 698 valence electrons. The maximum atomic E-state index is 11.2. The van der Waals surface area contributed by atoms with Crippen molar-refractivity contribution in [3.05, 3.63) is 492 Å². The topological polar surface area (TPSA) is 77.3 Å². The molecule has 148 heavy (non-hydrogen) atoms. The standard InChI is InChI=1S/C140H98N8/c1-137(2)115-37-19-11-27-93(115)97-57-53-89(77-119(97)137)143-123-41-23-15-31-101(123)107-69-81(45-61-127(107)143)85-49-65-131-111(73-85)112-74-86(82-46-62-128-108(70-82)102-32-16-24-42-124(102)144(128)90-54-58-98-94-28-12-20-38-116(94)138(3,4)120(98)78-90)50-66-132(112)147(131)135(141)105-35-9-10-36-106(105)136(142)148-133-67-51-87(83-47-63-129-109(71-83)103-33-17-25-43-125(103)145(129)91-55-59-99-95-29-13-21-39-117(95)139(5,6)121(99)79-91)75-113(133)114-76-88(52-68-134(114)148)84-48-64-130-110(72-84)104-34-18-26-44-126(104)146(130)92-56-60-100-96-30-14-22-40-118(96)140(7,8)122(100)80-92/h9-80,141-142H,1-8H3. The zero-order chi connectivity index (χ0) is 98.7. The largest absolute Gasteiger partial charge is 0.309 e. The highest BCUT2D eigenvalue weighted by molar-refractivity contribution is 6.25. The number of nitrogens with one attached hydrogen (secondary N) is 2. The molecule has 0 unspecified atom stereocenters. The lowest BCUT2D eigenvalue weighted by atomic mass is 9.82. The van der Waals surface area contributed by atoms with Gasteiger partial charge in [0.25, 0.3) is 0 Å². The molecule has 8 heteroatoms. The van der Waals surface area contributed by atoms with Crippen molar-refractivity contribution in [2.45, 2.75) is 77.0 Å². The van der Waals surface area contributed by atoms with E-state index in [1.165, 1.54) is 132 Å². The van der Waals surface area contributed by atoms with E-state index in [9.17, 15) is 10.8 Å². The van der Waals surface area contributed by atoms with Gasteiger partial charge in [-0.25, -0.2) is 0 Å². The van der Waals surface area contributed by atoms with Gasteiger partial charge in [0.1, 0.15) is 11.7 Å². The lowest BCUT2D eigenvalue weighted by molar-refractivity contribution is 0.660. The van der Waals surface area contributed by atoms with Gasteiger partial charge in [0.2, 0.25) is 0 Å². The van der Waals surface area contributed by atoms with Gasteiger partial charge >= 0.3 is 0 Å². The van der Waals surface area contributed by atoms with Crippen molar-refractivity contribution in [3.63, 3.8) is 0 Å². The van der Waals surface area contributed by atoms with Crippen molar-refractivity contribution in [1.29, 1.82) is 10.8 Å². The summed E-state index contributed by atoms with van der Waals surface area (Å²) < 4.78 is 14.1. The molecule has 8 nitrogen and oxygen atoms in total. The lowest BCUT2D eigenvalue weighted by Gasteiger charge is -2.22. The van der Waals surface area contributed by atoms with Crippen LogP contribution >= 0.6 is 0 Å². The molecule has 0 saturated carbocycles. The Morgan fingerprint density at radius 3 is 0.561 bits per heavy atom. The average molecular weight is 1890 g/mol. The molecular weight excluding hydrogens is 1790 g/mol. The van der Waals surface area contributed by atoms with Crippen LogP contribution in [0.5, 0.6) is 0 Å². The van der Waals surface area contributed by atoms with E-state index in [1.54, 1.807) is 0 Å². The summed E-state index contributed by atoms with van der Waals surface area (Å²) in [7, 11) is 0. The maximum Gasteiger partial charge on any atom is 0.138 e. The zero-order valence-electron chi connectivity index (χ0n) is 83.3. The Hall–Kier alpha value is -18.2. The Labute approximate surface area is 855 Å². The van der Waals surface area contributed by atoms with Gasteiger partial charge in [-0.3, -0.25) is 20.0 Å². The van der Waals surface area contributed by atoms with E-state index in [4.69, 9.17) is 0 Å². The first-order valence-electron chi connectivity index (χ1n) is 51.8. The predicted molar refractivity (Wildman–Crippen MR) is 619 cm³/mol. The molecule has 4 aliphatic carbocycles. The smallest absolute Gasteiger partial charge is 0.138 e. The molecule has 0 saturated heterocycles. The number of rotatable bonds is 10. The summed E-state index contributed by atoms with van der Waals surface area (Å²) in [5, 5.41) is 35.9. The van der Waals surface area contributed by atoms with Crippen LogP contribution in [0.15, 0.2) is 437 Å². The first kappa shape index (κ1) is 84.3. The maximum absolute atomic E-state index is 11.2. The number of hydrogen-bond acceptors (Lipinski definition) is 2. The highest BCUT2D eigenvalue weighted by Crippen LogP contribution is 2.57. The number of para-hydroxylation sites is 4. The molecule has 6 heterocycles. The molecule has 0 aliphatic heterocycles. The minimum Gasteiger partial charge on any atom is -0.309 e. The van der Waals surface area contributed by atoms with Gasteiger partial charge in [-0.15, -0.1) is 0 Å². The zero-order valence-corrected chi connectivity index (χ0v) is 83.3. The van der Waals surface area contributed by atoms with E-state index in [-0.39, 0.29) is 33.3 Å². The molecular formula is C140H98N8. The number of nitrogens with zero attached hydrogens (tertiary/aromatic N) is 6. The third kappa shape index (κ3) is 11.6. The molecule has 31 rings (SSSR count). The van der Waals surface area contributed by atoms with Crippen molar-refractivity contribution in [2.75, 3.05) is 0 Å². The van der Waals surface area contributed by atoms with Crippen LogP contribution in [0, 0.1) is 10.8 Å². The molecule has 0 atom stereocenters. The van der Waals surface area contributed by atoms with Gasteiger partial charge in [-0.05, 0) is 303 Å². The van der Waals surface area contributed by atoms with E-state index in [0.29, 0.717) is 11.1 Å². The Kier molecular flexibility index (Phi) is 17.2. The molecule has 2 N–H and O–H groups in total. The van der Waals surface area contributed by atoms with E-state index in [0.717, 1.165) is 155 Å². The lowest BCUT2D eigenvalue weighted by Crippen LogP contribution is -2.20. The van der Waals surface area contributed by atoms with Gasteiger partial charge in [-0.1, -0.05) is 322 Å². The van der Waals surface area contributed by atoms with E-state index in [1.807, 2.05) is 24.3 Å². The van der Waals surface area contributed by atoms with E-state index >= 15 is 0 Å². The van der Waals surface area contributed by atoms with Crippen LogP contribution in [0.1, 0.15) is 111 Å². The van der Waals surface area contributed by atoms with Gasteiger partial charge in [0.05, 0.1) is 66.2 Å². The van der Waals surface area contributed by atoms with Crippen molar-refractivity contribution in [2.24, 2.45) is 0 Å². The molecule has 4 aliphatic rings. The molecule has 0 amide bonds. The fourth-order valence-electron chi connectivity index (χ4n) is 27.4. The van der Waals surface area contributed by atoms with Gasteiger partial charge in [-0.2, -0.15) is 0 Å². The minimum absolute atomic E-state index is 0.163. The summed E-state index contributed by atoms with van der Waals surface area (Å²) >= 11 is 0. The van der Waals surface area contributed by atoms with Crippen LogP contribution in [-0.2, 0) is 21.7 Å². The average Bonchev–Trinajstić information content (AvgIpc) is 1.57. The molecule has 0 spiro atoms. The Morgan fingerprint density at radius 1 is 0.155 bits per heavy atom. The quantitative estimate of drug-likeness (QED) is 0.101. The summed E-state index contributed by atoms with van der Waals surface area (Å²) in [6.07, 6.45) is 0. The van der Waals surface area contributed by atoms with Crippen molar-refractivity contribution < 1.29 is 0 Å². The first-order chi connectivity index (χ1) is 72.2.